The van der Waals surface area contributed by atoms with Crippen LogP contribution >= 0.6 is 23.2 Å². The normalized spacial score (nSPS) is 23.5. The standard InChI is InChI=1S/C27H31Cl2F6N3/c28-21-13-7-12-20(25(21)29)22(15-36-14-18-8-3-1-4-9-18)37-16-23(26(30,31)32)38(19-10-5-2-6-11-19)24(17-37)27(33,34)35/h1,3-4,7-9,12-13,19,22-24,36H,2,5-6,10-11,14-17H2. The molecule has 1 aliphatic heterocycles. The number of rotatable bonds is 7. The lowest BCUT2D eigenvalue weighted by molar-refractivity contribution is -0.266. The first kappa shape index (κ1) is 29.5. The Labute approximate surface area is 229 Å². The van der Waals surface area contributed by atoms with E-state index in [1.807, 2.05) is 30.3 Å². The summed E-state index contributed by atoms with van der Waals surface area (Å²) in [6, 6.07) is 7.99. The van der Waals surface area contributed by atoms with Gasteiger partial charge in [-0.2, -0.15) is 26.3 Å². The van der Waals surface area contributed by atoms with Crippen LogP contribution in [-0.4, -0.2) is 59.9 Å². The van der Waals surface area contributed by atoms with Gasteiger partial charge in [-0.25, -0.2) is 0 Å². The minimum Gasteiger partial charge on any atom is -0.311 e. The summed E-state index contributed by atoms with van der Waals surface area (Å²) in [4.78, 5) is 2.01. The van der Waals surface area contributed by atoms with Crippen LogP contribution < -0.4 is 5.32 Å². The summed E-state index contributed by atoms with van der Waals surface area (Å²) in [5, 5.41) is 3.53. The second-order valence-corrected chi connectivity index (χ2v) is 10.9. The number of alkyl halides is 6. The van der Waals surface area contributed by atoms with Crippen LogP contribution in [0.15, 0.2) is 48.5 Å². The molecule has 3 unspecified atom stereocenters. The monoisotopic (exact) mass is 581 g/mol. The van der Waals surface area contributed by atoms with Gasteiger partial charge in [-0.15, -0.1) is 0 Å². The fourth-order valence-corrected chi connectivity index (χ4v) is 6.21. The predicted octanol–water partition coefficient (Wildman–Crippen LogP) is 7.64. The van der Waals surface area contributed by atoms with Crippen molar-refractivity contribution in [3.63, 3.8) is 0 Å². The number of benzene rings is 2. The quantitative estimate of drug-likeness (QED) is 0.339. The Bertz CT molecular complexity index is 1020. The molecule has 0 spiro atoms. The van der Waals surface area contributed by atoms with Crippen LogP contribution in [0.4, 0.5) is 26.3 Å². The molecular formula is C27H31Cl2F6N3. The minimum atomic E-state index is -4.83. The minimum absolute atomic E-state index is 0.0908. The summed E-state index contributed by atoms with van der Waals surface area (Å²) in [7, 11) is 0. The van der Waals surface area contributed by atoms with Crippen molar-refractivity contribution in [2.75, 3.05) is 19.6 Å². The first-order valence-corrected chi connectivity index (χ1v) is 13.6. The number of hydrogen-bond acceptors (Lipinski definition) is 3. The second-order valence-electron chi connectivity index (χ2n) is 10.1. The first-order chi connectivity index (χ1) is 18.0. The van der Waals surface area contributed by atoms with E-state index in [4.69, 9.17) is 23.2 Å². The number of piperazine rings is 1. The molecule has 0 aromatic heterocycles. The zero-order chi connectivity index (χ0) is 27.5. The SMILES string of the molecule is FC(F)(F)C1CN(C(CNCc2ccccc2)c2cccc(Cl)c2Cl)CC(C(F)(F)F)N1C1CCCCC1. The molecule has 1 saturated heterocycles. The van der Waals surface area contributed by atoms with Crippen LogP contribution in [0, 0.1) is 0 Å². The summed E-state index contributed by atoms with van der Waals surface area (Å²) in [6.45, 7) is -0.698. The Kier molecular flexibility index (Phi) is 9.56. The molecule has 3 atom stereocenters. The second kappa shape index (κ2) is 12.3. The lowest BCUT2D eigenvalue weighted by Crippen LogP contribution is -2.70. The zero-order valence-electron chi connectivity index (χ0n) is 20.7. The molecule has 11 heteroatoms. The van der Waals surface area contributed by atoms with Crippen LogP contribution in [0.2, 0.25) is 10.0 Å². The number of nitrogens with one attached hydrogen (secondary N) is 1. The van der Waals surface area contributed by atoms with Gasteiger partial charge < -0.3 is 5.32 Å². The molecule has 4 rings (SSSR count). The average Bonchev–Trinajstić information content (AvgIpc) is 2.88. The van der Waals surface area contributed by atoms with Gasteiger partial charge in [-0.1, -0.05) is 84.9 Å². The summed E-state index contributed by atoms with van der Waals surface area (Å²) in [5.41, 5.74) is 1.33. The van der Waals surface area contributed by atoms with Gasteiger partial charge in [-0.05, 0) is 30.0 Å². The maximum atomic E-state index is 14.5. The van der Waals surface area contributed by atoms with Crippen molar-refractivity contribution in [3.8, 4) is 0 Å². The third-order valence-electron chi connectivity index (χ3n) is 7.58. The molecule has 2 aliphatic rings. The Hall–Kier alpha value is -1.52. The molecule has 2 aromatic rings. The molecular weight excluding hydrogens is 551 g/mol. The highest BCUT2D eigenvalue weighted by Crippen LogP contribution is 2.43. The Morgan fingerprint density at radius 2 is 1.42 bits per heavy atom. The molecule has 0 radical (unpaired) electrons. The third-order valence-corrected chi connectivity index (χ3v) is 8.41. The fourth-order valence-electron chi connectivity index (χ4n) is 5.77. The van der Waals surface area contributed by atoms with E-state index in [0.29, 0.717) is 37.8 Å². The molecule has 1 saturated carbocycles. The molecule has 0 amide bonds. The molecule has 210 valence electrons. The van der Waals surface area contributed by atoms with Crippen molar-refractivity contribution in [1.82, 2.24) is 15.1 Å². The van der Waals surface area contributed by atoms with E-state index in [9.17, 15) is 26.3 Å². The van der Waals surface area contributed by atoms with E-state index in [1.165, 1.54) is 4.90 Å². The molecule has 2 fully saturated rings. The summed E-state index contributed by atoms with van der Waals surface area (Å²) in [5.74, 6) is 0. The van der Waals surface area contributed by atoms with Gasteiger partial charge in [0.2, 0.25) is 0 Å². The van der Waals surface area contributed by atoms with E-state index < -0.39 is 49.6 Å². The molecule has 1 aliphatic carbocycles. The van der Waals surface area contributed by atoms with Gasteiger partial charge in [0, 0.05) is 38.3 Å². The van der Waals surface area contributed by atoms with Crippen molar-refractivity contribution >= 4 is 23.2 Å². The molecule has 1 heterocycles. The molecule has 0 bridgehead atoms. The van der Waals surface area contributed by atoms with Gasteiger partial charge in [0.05, 0.1) is 10.0 Å². The lowest BCUT2D eigenvalue weighted by atomic mass is 9.89. The Morgan fingerprint density at radius 3 is 2.00 bits per heavy atom. The molecule has 3 nitrogen and oxygen atoms in total. The number of nitrogens with zero attached hydrogens (tertiary/aromatic N) is 2. The third kappa shape index (κ3) is 6.97. The predicted molar refractivity (Wildman–Crippen MR) is 137 cm³/mol. The lowest BCUT2D eigenvalue weighted by Gasteiger charge is -2.53. The highest BCUT2D eigenvalue weighted by atomic mass is 35.5. The van der Waals surface area contributed by atoms with Crippen molar-refractivity contribution in [1.29, 1.82) is 0 Å². The van der Waals surface area contributed by atoms with Crippen molar-refractivity contribution < 1.29 is 26.3 Å². The van der Waals surface area contributed by atoms with E-state index in [-0.39, 0.29) is 16.6 Å². The average molecular weight is 582 g/mol. The molecule has 38 heavy (non-hydrogen) atoms. The highest BCUT2D eigenvalue weighted by Gasteiger charge is 2.58. The summed E-state index contributed by atoms with van der Waals surface area (Å²) >= 11 is 12.7. The van der Waals surface area contributed by atoms with Crippen LogP contribution in [0.1, 0.15) is 49.3 Å². The largest absolute Gasteiger partial charge is 0.405 e. The van der Waals surface area contributed by atoms with Gasteiger partial charge in [0.25, 0.3) is 0 Å². The van der Waals surface area contributed by atoms with E-state index in [2.05, 4.69) is 5.32 Å². The fraction of sp³-hybridized carbons (Fsp3) is 0.556. The first-order valence-electron chi connectivity index (χ1n) is 12.8. The van der Waals surface area contributed by atoms with Gasteiger partial charge in [0.1, 0.15) is 12.1 Å². The van der Waals surface area contributed by atoms with E-state index in [1.54, 1.807) is 18.2 Å². The number of hydrogen-bond donors (Lipinski definition) is 1. The van der Waals surface area contributed by atoms with Crippen LogP contribution in [-0.2, 0) is 6.54 Å². The van der Waals surface area contributed by atoms with Crippen molar-refractivity contribution in [3.05, 3.63) is 69.7 Å². The van der Waals surface area contributed by atoms with E-state index >= 15 is 0 Å². The smallest absolute Gasteiger partial charge is 0.311 e. The maximum Gasteiger partial charge on any atom is 0.405 e. The number of halogens is 8. The Morgan fingerprint density at radius 1 is 0.816 bits per heavy atom. The summed E-state index contributed by atoms with van der Waals surface area (Å²) < 4.78 is 86.8. The highest BCUT2D eigenvalue weighted by molar-refractivity contribution is 6.42. The zero-order valence-corrected chi connectivity index (χ0v) is 22.2. The van der Waals surface area contributed by atoms with Crippen molar-refractivity contribution in [2.45, 2.75) is 75.2 Å². The van der Waals surface area contributed by atoms with E-state index in [0.717, 1.165) is 16.9 Å². The Balaban J connectivity index is 1.69. The summed E-state index contributed by atoms with van der Waals surface area (Å²) in [6.07, 6.45) is -6.91. The van der Waals surface area contributed by atoms with Gasteiger partial charge >= 0.3 is 12.4 Å². The van der Waals surface area contributed by atoms with Crippen molar-refractivity contribution in [2.24, 2.45) is 0 Å². The van der Waals surface area contributed by atoms with Gasteiger partial charge in [0.15, 0.2) is 0 Å². The van der Waals surface area contributed by atoms with Crippen LogP contribution in [0.3, 0.4) is 0 Å². The van der Waals surface area contributed by atoms with Crippen LogP contribution in [0.25, 0.3) is 0 Å². The van der Waals surface area contributed by atoms with Crippen LogP contribution in [0.5, 0.6) is 0 Å². The molecule has 2 aromatic carbocycles. The maximum absolute atomic E-state index is 14.5. The van der Waals surface area contributed by atoms with Gasteiger partial charge in [-0.3, -0.25) is 9.80 Å². The topological polar surface area (TPSA) is 18.5 Å². The molecule has 1 N–H and O–H groups in total.